The molecule has 1 aromatic carbocycles. The molecule has 0 saturated heterocycles. The third-order valence-electron chi connectivity index (χ3n) is 2.81. The van der Waals surface area contributed by atoms with Crippen molar-refractivity contribution in [2.75, 3.05) is 7.11 Å². The summed E-state index contributed by atoms with van der Waals surface area (Å²) < 4.78 is 4.61. The summed E-state index contributed by atoms with van der Waals surface area (Å²) in [6.07, 6.45) is 3.52. The summed E-state index contributed by atoms with van der Waals surface area (Å²) >= 11 is 0. The number of carbonyl (C=O) groups is 1. The van der Waals surface area contributed by atoms with Gasteiger partial charge in [0.25, 0.3) is 0 Å². The molecule has 0 heterocycles. The lowest BCUT2D eigenvalue weighted by Crippen LogP contribution is -2.00. The zero-order valence-electron chi connectivity index (χ0n) is 10.4. The van der Waals surface area contributed by atoms with Crippen LogP contribution in [0.15, 0.2) is 18.2 Å². The van der Waals surface area contributed by atoms with Gasteiger partial charge >= 0.3 is 5.97 Å². The fraction of sp³-hybridized carbons (Fsp3) is 0.500. The first kappa shape index (κ1) is 12.8. The highest BCUT2D eigenvalue weighted by molar-refractivity contribution is 5.68. The second kappa shape index (κ2) is 6.31. The van der Waals surface area contributed by atoms with E-state index < -0.39 is 0 Å². The molecule has 2 heteroatoms. The van der Waals surface area contributed by atoms with Gasteiger partial charge in [0.05, 0.1) is 7.11 Å². The molecule has 0 amide bonds. The first-order valence-corrected chi connectivity index (χ1v) is 5.76. The zero-order chi connectivity index (χ0) is 12.0. The van der Waals surface area contributed by atoms with E-state index >= 15 is 0 Å². The number of aryl methyl sites for hydroxylation is 3. The number of benzene rings is 1. The molecule has 0 aromatic heterocycles. The summed E-state index contributed by atoms with van der Waals surface area (Å²) in [5, 5.41) is 0. The van der Waals surface area contributed by atoms with Crippen LogP contribution in [0, 0.1) is 13.8 Å². The maximum absolute atomic E-state index is 10.9. The van der Waals surface area contributed by atoms with Gasteiger partial charge in [0.2, 0.25) is 0 Å². The Kier molecular flexibility index (Phi) is 5.03. The van der Waals surface area contributed by atoms with Crippen molar-refractivity contribution in [2.45, 2.75) is 39.5 Å². The van der Waals surface area contributed by atoms with Gasteiger partial charge in [0, 0.05) is 6.42 Å². The fourth-order valence-corrected chi connectivity index (χ4v) is 1.76. The van der Waals surface area contributed by atoms with Crippen molar-refractivity contribution >= 4 is 5.97 Å². The monoisotopic (exact) mass is 220 g/mol. The average molecular weight is 220 g/mol. The summed E-state index contributed by atoms with van der Waals surface area (Å²) in [7, 11) is 1.44. The van der Waals surface area contributed by atoms with Crippen molar-refractivity contribution in [2.24, 2.45) is 0 Å². The van der Waals surface area contributed by atoms with Crippen molar-refractivity contribution < 1.29 is 9.53 Å². The lowest BCUT2D eigenvalue weighted by molar-refractivity contribution is -0.140. The summed E-state index contributed by atoms with van der Waals surface area (Å²) in [4.78, 5) is 10.9. The van der Waals surface area contributed by atoms with Gasteiger partial charge in [-0.3, -0.25) is 4.79 Å². The Hall–Kier alpha value is -1.31. The molecule has 0 aliphatic carbocycles. The van der Waals surface area contributed by atoms with Gasteiger partial charge in [0.15, 0.2) is 0 Å². The smallest absolute Gasteiger partial charge is 0.305 e. The van der Waals surface area contributed by atoms with Crippen LogP contribution in [0.1, 0.15) is 36.0 Å². The molecule has 0 bridgehead atoms. The van der Waals surface area contributed by atoms with E-state index in [2.05, 4.69) is 36.8 Å². The maximum Gasteiger partial charge on any atom is 0.305 e. The molecule has 1 aromatic rings. The second-order valence-electron chi connectivity index (χ2n) is 4.21. The molecule has 2 nitrogen and oxygen atoms in total. The van der Waals surface area contributed by atoms with Gasteiger partial charge in [-0.15, -0.1) is 0 Å². The maximum atomic E-state index is 10.9. The number of rotatable bonds is 5. The third kappa shape index (κ3) is 4.05. The van der Waals surface area contributed by atoms with Gasteiger partial charge in [-0.1, -0.05) is 23.8 Å². The number of methoxy groups -OCH3 is 1. The molecule has 0 radical (unpaired) electrons. The van der Waals surface area contributed by atoms with Gasteiger partial charge in [-0.05, 0) is 44.2 Å². The molecule has 0 aliphatic rings. The Labute approximate surface area is 97.6 Å². The van der Waals surface area contributed by atoms with Crippen LogP contribution in [0.5, 0.6) is 0 Å². The number of carbonyl (C=O) groups excluding carboxylic acids is 1. The minimum absolute atomic E-state index is 0.110. The van der Waals surface area contributed by atoms with Crippen LogP contribution in [-0.4, -0.2) is 13.1 Å². The Morgan fingerprint density at radius 3 is 2.69 bits per heavy atom. The Morgan fingerprint density at radius 2 is 2.00 bits per heavy atom. The quantitative estimate of drug-likeness (QED) is 0.562. The highest BCUT2D eigenvalue weighted by Gasteiger charge is 2.02. The highest BCUT2D eigenvalue weighted by atomic mass is 16.5. The Bertz CT molecular complexity index is 356. The molecular formula is C14H20O2. The van der Waals surface area contributed by atoms with Crippen molar-refractivity contribution in [3.63, 3.8) is 0 Å². The van der Waals surface area contributed by atoms with Crippen molar-refractivity contribution in [1.29, 1.82) is 0 Å². The predicted octanol–water partition coefficient (Wildman–Crippen LogP) is 3.19. The summed E-state index contributed by atoms with van der Waals surface area (Å²) in [6, 6.07) is 6.52. The first-order valence-electron chi connectivity index (χ1n) is 5.76. The molecule has 0 atom stereocenters. The molecule has 0 fully saturated rings. The van der Waals surface area contributed by atoms with E-state index in [1.165, 1.54) is 23.8 Å². The van der Waals surface area contributed by atoms with Crippen LogP contribution in [0.25, 0.3) is 0 Å². The van der Waals surface area contributed by atoms with E-state index in [4.69, 9.17) is 0 Å². The lowest BCUT2D eigenvalue weighted by atomic mass is 10.00. The van der Waals surface area contributed by atoms with Crippen molar-refractivity contribution in [3.05, 3.63) is 34.9 Å². The van der Waals surface area contributed by atoms with E-state index in [0.29, 0.717) is 6.42 Å². The average Bonchev–Trinajstić information content (AvgIpc) is 2.28. The summed E-state index contributed by atoms with van der Waals surface area (Å²) in [5.41, 5.74) is 4.03. The van der Waals surface area contributed by atoms with Gasteiger partial charge in [0.1, 0.15) is 0 Å². The second-order valence-corrected chi connectivity index (χ2v) is 4.21. The van der Waals surface area contributed by atoms with Crippen molar-refractivity contribution in [1.82, 2.24) is 0 Å². The normalized spacial score (nSPS) is 10.2. The van der Waals surface area contributed by atoms with Crippen LogP contribution < -0.4 is 0 Å². The highest BCUT2D eigenvalue weighted by Crippen LogP contribution is 2.14. The standard InChI is InChI=1S/C14H20O2/c1-11-8-9-12(2)13(10-11)6-4-5-7-14(15)16-3/h8-10H,4-7H2,1-3H3. The van der Waals surface area contributed by atoms with Crippen LogP contribution in [0.2, 0.25) is 0 Å². The number of esters is 1. The number of unbranched alkanes of at least 4 members (excludes halogenated alkanes) is 1. The minimum atomic E-state index is -0.110. The molecule has 16 heavy (non-hydrogen) atoms. The number of hydrogen-bond acceptors (Lipinski definition) is 2. The number of ether oxygens (including phenoxy) is 1. The van der Waals surface area contributed by atoms with E-state index in [1.807, 2.05) is 0 Å². The summed E-state index contributed by atoms with van der Waals surface area (Å²) in [5.74, 6) is -0.110. The SMILES string of the molecule is COC(=O)CCCCc1cc(C)ccc1C. The largest absolute Gasteiger partial charge is 0.469 e. The molecular weight excluding hydrogens is 200 g/mol. The van der Waals surface area contributed by atoms with Crippen LogP contribution in [0.3, 0.4) is 0 Å². The summed E-state index contributed by atoms with van der Waals surface area (Å²) in [6.45, 7) is 4.24. The molecule has 0 aliphatic heterocycles. The van der Waals surface area contributed by atoms with E-state index in [9.17, 15) is 4.79 Å². The van der Waals surface area contributed by atoms with Crippen LogP contribution in [-0.2, 0) is 16.0 Å². The van der Waals surface area contributed by atoms with Gasteiger partial charge < -0.3 is 4.74 Å². The van der Waals surface area contributed by atoms with E-state index in [1.54, 1.807) is 0 Å². The molecule has 0 N–H and O–H groups in total. The molecule has 1 rings (SSSR count). The van der Waals surface area contributed by atoms with Crippen LogP contribution in [0.4, 0.5) is 0 Å². The Balaban J connectivity index is 2.37. The predicted molar refractivity (Wildman–Crippen MR) is 65.5 cm³/mol. The van der Waals surface area contributed by atoms with Crippen molar-refractivity contribution in [3.8, 4) is 0 Å². The van der Waals surface area contributed by atoms with E-state index in [-0.39, 0.29) is 5.97 Å². The van der Waals surface area contributed by atoms with Gasteiger partial charge in [-0.2, -0.15) is 0 Å². The van der Waals surface area contributed by atoms with Gasteiger partial charge in [-0.25, -0.2) is 0 Å². The topological polar surface area (TPSA) is 26.3 Å². The third-order valence-corrected chi connectivity index (χ3v) is 2.81. The number of hydrogen-bond donors (Lipinski definition) is 0. The fourth-order valence-electron chi connectivity index (χ4n) is 1.76. The first-order chi connectivity index (χ1) is 7.63. The molecule has 0 saturated carbocycles. The van der Waals surface area contributed by atoms with E-state index in [0.717, 1.165) is 19.3 Å². The minimum Gasteiger partial charge on any atom is -0.469 e. The molecule has 0 unspecified atom stereocenters. The molecule has 88 valence electrons. The molecule has 0 spiro atoms. The lowest BCUT2D eigenvalue weighted by Gasteiger charge is -2.06. The zero-order valence-corrected chi connectivity index (χ0v) is 10.4. The Morgan fingerprint density at radius 1 is 1.25 bits per heavy atom. The van der Waals surface area contributed by atoms with Crippen LogP contribution >= 0.6 is 0 Å².